The van der Waals surface area contributed by atoms with E-state index in [-0.39, 0.29) is 31.0 Å². The van der Waals surface area contributed by atoms with Crippen molar-refractivity contribution in [1.29, 1.82) is 0 Å². The van der Waals surface area contributed by atoms with Crippen LogP contribution in [-0.4, -0.2) is 58.7 Å². The van der Waals surface area contributed by atoms with Gasteiger partial charge in [0, 0.05) is 37.0 Å². The van der Waals surface area contributed by atoms with Crippen molar-refractivity contribution in [2.24, 2.45) is 0 Å². The molecule has 1 fully saturated rings. The maximum atomic E-state index is 13.6. The molecule has 1 unspecified atom stereocenters. The van der Waals surface area contributed by atoms with Crippen molar-refractivity contribution in [3.8, 4) is 11.4 Å². The van der Waals surface area contributed by atoms with Crippen LogP contribution in [-0.2, 0) is 17.7 Å². The van der Waals surface area contributed by atoms with Gasteiger partial charge in [0.2, 0.25) is 0 Å². The second-order valence-electron chi connectivity index (χ2n) is 8.61. The van der Waals surface area contributed by atoms with E-state index in [0.29, 0.717) is 18.7 Å². The predicted octanol–water partition coefficient (Wildman–Crippen LogP) is 4.36. The van der Waals surface area contributed by atoms with Crippen LogP contribution in [0.3, 0.4) is 0 Å². The maximum absolute atomic E-state index is 13.6. The first-order valence-corrected chi connectivity index (χ1v) is 11.4. The summed E-state index contributed by atoms with van der Waals surface area (Å²) in [6, 6.07) is 13.7. The number of fused-ring (bicyclic) bond motifs is 1. The molecule has 1 aromatic heterocycles. The lowest BCUT2D eigenvalue weighted by Crippen LogP contribution is -2.37. The van der Waals surface area contributed by atoms with Crippen LogP contribution in [0.1, 0.15) is 28.5 Å². The van der Waals surface area contributed by atoms with Crippen molar-refractivity contribution in [1.82, 2.24) is 14.7 Å². The van der Waals surface area contributed by atoms with Gasteiger partial charge in [0.15, 0.2) is 6.10 Å². The molecule has 2 aliphatic heterocycles. The minimum Gasteiger partial charge on any atom is -0.480 e. The molecule has 3 aromatic rings. The molecule has 0 bridgehead atoms. The van der Waals surface area contributed by atoms with Gasteiger partial charge in [-0.3, -0.25) is 9.69 Å². The SMILES string of the molecule is CC(Oc1ccc(N2CCOC2=O)cc1C(=O)N1CCc2nn(-c3ccccc3)cc2C1)C(F)(F)F. The van der Waals surface area contributed by atoms with Crippen LogP contribution in [0.15, 0.2) is 54.7 Å². The zero-order valence-electron chi connectivity index (χ0n) is 19.4. The molecule has 0 radical (unpaired) electrons. The normalized spacial score (nSPS) is 16.5. The fourth-order valence-corrected chi connectivity index (χ4v) is 4.21. The van der Waals surface area contributed by atoms with E-state index < -0.39 is 24.3 Å². The van der Waals surface area contributed by atoms with Crippen molar-refractivity contribution in [3.05, 3.63) is 71.5 Å². The Kier molecular flexibility index (Phi) is 6.07. The van der Waals surface area contributed by atoms with Gasteiger partial charge in [-0.15, -0.1) is 0 Å². The first kappa shape index (κ1) is 23.7. The number of benzene rings is 2. The van der Waals surface area contributed by atoms with E-state index in [1.54, 1.807) is 9.58 Å². The molecule has 5 rings (SSSR count). The minimum absolute atomic E-state index is 0.0535. The third kappa shape index (κ3) is 4.60. The smallest absolute Gasteiger partial charge is 0.425 e. The van der Waals surface area contributed by atoms with Crippen LogP contribution in [0.5, 0.6) is 5.75 Å². The third-order valence-electron chi connectivity index (χ3n) is 6.20. The molecule has 11 heteroatoms. The topological polar surface area (TPSA) is 76.9 Å². The summed E-state index contributed by atoms with van der Waals surface area (Å²) in [5.74, 6) is -0.696. The summed E-state index contributed by atoms with van der Waals surface area (Å²) in [4.78, 5) is 28.5. The number of nitrogens with zero attached hydrogens (tertiary/aromatic N) is 4. The number of amides is 2. The number of halogens is 3. The van der Waals surface area contributed by atoms with E-state index in [2.05, 4.69) is 5.10 Å². The Morgan fingerprint density at radius 3 is 2.58 bits per heavy atom. The molecule has 2 aromatic carbocycles. The number of carbonyl (C=O) groups excluding carboxylic acids is 2. The molecule has 8 nitrogen and oxygen atoms in total. The van der Waals surface area contributed by atoms with Crippen LogP contribution >= 0.6 is 0 Å². The average molecular weight is 500 g/mol. The van der Waals surface area contributed by atoms with E-state index in [1.165, 1.54) is 23.1 Å². The predicted molar refractivity (Wildman–Crippen MR) is 123 cm³/mol. The molecule has 3 heterocycles. The molecule has 0 saturated carbocycles. The zero-order chi connectivity index (χ0) is 25.4. The number of rotatable bonds is 5. The fourth-order valence-electron chi connectivity index (χ4n) is 4.21. The molecular formula is C25H23F3N4O4. The van der Waals surface area contributed by atoms with Crippen LogP contribution in [0.25, 0.3) is 5.69 Å². The Hall–Kier alpha value is -4.02. The molecule has 0 aliphatic carbocycles. The molecule has 1 saturated heterocycles. The monoisotopic (exact) mass is 500 g/mol. The third-order valence-corrected chi connectivity index (χ3v) is 6.20. The number of ether oxygens (including phenoxy) is 2. The maximum Gasteiger partial charge on any atom is 0.425 e. The highest BCUT2D eigenvalue weighted by Crippen LogP contribution is 2.33. The van der Waals surface area contributed by atoms with Crippen molar-refractivity contribution in [2.75, 3.05) is 24.6 Å². The van der Waals surface area contributed by atoms with Gasteiger partial charge >= 0.3 is 12.3 Å². The number of hydrogen-bond donors (Lipinski definition) is 0. The van der Waals surface area contributed by atoms with Crippen molar-refractivity contribution in [3.63, 3.8) is 0 Å². The Morgan fingerprint density at radius 2 is 1.89 bits per heavy atom. The number of para-hydroxylation sites is 1. The number of alkyl halides is 3. The molecule has 36 heavy (non-hydrogen) atoms. The largest absolute Gasteiger partial charge is 0.480 e. The lowest BCUT2D eigenvalue weighted by molar-refractivity contribution is -0.189. The highest BCUT2D eigenvalue weighted by Gasteiger charge is 2.39. The van der Waals surface area contributed by atoms with Crippen LogP contribution in [0.4, 0.5) is 23.7 Å². The summed E-state index contributed by atoms with van der Waals surface area (Å²) in [7, 11) is 0. The highest BCUT2D eigenvalue weighted by atomic mass is 19.4. The highest BCUT2D eigenvalue weighted by molar-refractivity contribution is 5.99. The lowest BCUT2D eigenvalue weighted by Gasteiger charge is -2.28. The second kappa shape index (κ2) is 9.21. The summed E-state index contributed by atoms with van der Waals surface area (Å²) in [5, 5.41) is 4.62. The summed E-state index contributed by atoms with van der Waals surface area (Å²) in [6.45, 7) is 1.92. The van der Waals surface area contributed by atoms with Gasteiger partial charge in [0.1, 0.15) is 12.4 Å². The van der Waals surface area contributed by atoms with Gasteiger partial charge in [-0.05, 0) is 37.3 Å². The molecule has 1 atom stereocenters. The van der Waals surface area contributed by atoms with E-state index >= 15 is 0 Å². The summed E-state index contributed by atoms with van der Waals surface area (Å²) >= 11 is 0. The number of cyclic esters (lactones) is 1. The van der Waals surface area contributed by atoms with Crippen molar-refractivity contribution in [2.45, 2.75) is 32.2 Å². The van der Waals surface area contributed by atoms with Crippen LogP contribution in [0, 0.1) is 0 Å². The molecule has 0 N–H and O–H groups in total. The van der Waals surface area contributed by atoms with E-state index in [0.717, 1.165) is 23.9 Å². The fraction of sp³-hybridized carbons (Fsp3) is 0.320. The minimum atomic E-state index is -4.61. The zero-order valence-corrected chi connectivity index (χ0v) is 19.4. The van der Waals surface area contributed by atoms with Gasteiger partial charge in [0.25, 0.3) is 5.91 Å². The van der Waals surface area contributed by atoms with E-state index in [1.807, 2.05) is 36.5 Å². The second-order valence-corrected chi connectivity index (χ2v) is 8.61. The molecule has 2 amide bonds. The van der Waals surface area contributed by atoms with E-state index in [9.17, 15) is 22.8 Å². The van der Waals surface area contributed by atoms with Gasteiger partial charge in [-0.25, -0.2) is 9.48 Å². The number of aromatic nitrogens is 2. The molecule has 2 aliphatic rings. The summed E-state index contributed by atoms with van der Waals surface area (Å²) in [5.41, 5.74) is 2.89. The number of hydrogen-bond acceptors (Lipinski definition) is 5. The number of anilines is 1. The van der Waals surface area contributed by atoms with E-state index in [4.69, 9.17) is 9.47 Å². The average Bonchev–Trinajstić information content (AvgIpc) is 3.49. The molecular weight excluding hydrogens is 477 g/mol. The van der Waals surface area contributed by atoms with Crippen molar-refractivity contribution < 1.29 is 32.2 Å². The van der Waals surface area contributed by atoms with Gasteiger partial charge in [-0.1, -0.05) is 18.2 Å². The Morgan fingerprint density at radius 1 is 1.11 bits per heavy atom. The number of carbonyl (C=O) groups is 2. The van der Waals surface area contributed by atoms with Crippen LogP contribution < -0.4 is 9.64 Å². The summed E-state index contributed by atoms with van der Waals surface area (Å²) in [6.07, 6.45) is -4.97. The van der Waals surface area contributed by atoms with Gasteiger partial charge in [-0.2, -0.15) is 18.3 Å². The quantitative estimate of drug-likeness (QED) is 0.521. The molecule has 188 valence electrons. The Bertz CT molecular complexity index is 1290. The first-order chi connectivity index (χ1) is 17.2. The lowest BCUT2D eigenvalue weighted by atomic mass is 10.1. The summed E-state index contributed by atoms with van der Waals surface area (Å²) < 4.78 is 51.5. The van der Waals surface area contributed by atoms with Crippen LogP contribution in [0.2, 0.25) is 0 Å². The Labute approximate surface area is 204 Å². The standard InChI is InChI=1S/C25H23F3N4O4/c1-16(25(26,27)28)36-22-8-7-19(31-11-12-35-24(31)34)13-20(22)23(33)30-10-9-21-17(14-30)15-32(29-21)18-5-3-2-4-6-18/h2-8,13,15-16H,9-12,14H2,1H3. The van der Waals surface area contributed by atoms with Gasteiger partial charge < -0.3 is 14.4 Å². The van der Waals surface area contributed by atoms with Gasteiger partial charge in [0.05, 0.1) is 23.5 Å². The Balaban J connectivity index is 1.44. The van der Waals surface area contributed by atoms with Crippen molar-refractivity contribution >= 4 is 17.7 Å². The first-order valence-electron chi connectivity index (χ1n) is 11.4. The molecule has 0 spiro atoms.